The molecule has 0 bridgehead atoms. The molecule has 3 heteroatoms. The molecular weight excluding hydrogens is 248 g/mol. The van der Waals surface area contributed by atoms with Gasteiger partial charge in [0, 0.05) is 12.8 Å². The fourth-order valence-corrected chi connectivity index (χ4v) is 3.59. The number of benzene rings is 1. The SMILES string of the molecule is N#CCc1ccc([NH+]2CCC([O-])=C3CCCCC32)cc1. The first kappa shape index (κ1) is 13.2. The molecule has 1 aromatic rings. The molecule has 2 aliphatic rings. The van der Waals surface area contributed by atoms with Gasteiger partial charge in [-0.3, -0.25) is 4.90 Å². The van der Waals surface area contributed by atoms with Crippen LogP contribution in [0.3, 0.4) is 0 Å². The van der Waals surface area contributed by atoms with E-state index in [2.05, 4.69) is 18.2 Å². The van der Waals surface area contributed by atoms with E-state index in [1.165, 1.54) is 29.0 Å². The van der Waals surface area contributed by atoms with Gasteiger partial charge in [-0.25, -0.2) is 0 Å². The zero-order valence-corrected chi connectivity index (χ0v) is 11.7. The van der Waals surface area contributed by atoms with E-state index in [1.807, 2.05) is 12.1 Å². The normalized spacial score (nSPS) is 25.9. The van der Waals surface area contributed by atoms with Crippen LogP contribution in [0, 0.1) is 11.3 Å². The molecule has 1 saturated carbocycles. The predicted molar refractivity (Wildman–Crippen MR) is 75.1 cm³/mol. The Morgan fingerprint density at radius 1 is 1.20 bits per heavy atom. The Balaban J connectivity index is 1.85. The molecule has 1 heterocycles. The summed E-state index contributed by atoms with van der Waals surface area (Å²) in [6.45, 7) is 0.907. The summed E-state index contributed by atoms with van der Waals surface area (Å²) in [4.78, 5) is 1.45. The molecule has 20 heavy (non-hydrogen) atoms. The van der Waals surface area contributed by atoms with E-state index in [0.717, 1.165) is 24.9 Å². The Morgan fingerprint density at radius 3 is 2.75 bits per heavy atom. The number of hydrogen-bond donors (Lipinski definition) is 1. The van der Waals surface area contributed by atoms with Crippen molar-refractivity contribution in [1.29, 1.82) is 5.26 Å². The predicted octanol–water partition coefficient (Wildman–Crippen LogP) is 1.23. The van der Waals surface area contributed by atoms with Crippen LogP contribution in [0.25, 0.3) is 0 Å². The minimum absolute atomic E-state index is 0.395. The molecule has 104 valence electrons. The largest absolute Gasteiger partial charge is 0.875 e. The zero-order valence-electron chi connectivity index (χ0n) is 11.7. The number of hydrogen-bond acceptors (Lipinski definition) is 2. The number of nitriles is 1. The van der Waals surface area contributed by atoms with Gasteiger partial charge >= 0.3 is 0 Å². The summed E-state index contributed by atoms with van der Waals surface area (Å²) in [5.41, 5.74) is 3.51. The lowest BCUT2D eigenvalue weighted by Crippen LogP contribution is -3.12. The van der Waals surface area contributed by atoms with Crippen molar-refractivity contribution >= 4 is 5.69 Å². The van der Waals surface area contributed by atoms with Crippen LogP contribution in [0.1, 0.15) is 37.7 Å². The van der Waals surface area contributed by atoms with E-state index in [4.69, 9.17) is 5.26 Å². The second-order valence-corrected chi connectivity index (χ2v) is 5.80. The van der Waals surface area contributed by atoms with E-state index < -0.39 is 0 Å². The Labute approximate surface area is 120 Å². The molecule has 1 aliphatic heterocycles. The molecule has 2 atom stereocenters. The summed E-state index contributed by atoms with van der Waals surface area (Å²) in [7, 11) is 0. The van der Waals surface area contributed by atoms with Gasteiger partial charge in [0.05, 0.1) is 19.0 Å². The third kappa shape index (κ3) is 2.44. The smallest absolute Gasteiger partial charge is 0.131 e. The van der Waals surface area contributed by atoms with Gasteiger partial charge < -0.3 is 5.11 Å². The fourth-order valence-electron chi connectivity index (χ4n) is 3.59. The van der Waals surface area contributed by atoms with Gasteiger partial charge in [0.1, 0.15) is 11.7 Å². The number of rotatable bonds is 2. The Hall–Kier alpha value is -1.79. The summed E-state index contributed by atoms with van der Waals surface area (Å²) in [6, 6.07) is 10.9. The average Bonchev–Trinajstić information content (AvgIpc) is 2.49. The second-order valence-electron chi connectivity index (χ2n) is 5.80. The standard InChI is InChI=1S/C17H20N2O/c18-11-9-13-5-7-14(8-6-13)19-12-10-17(20)15-3-1-2-4-16(15)19/h5-8,16,20H,1-4,9-10,12H2. The van der Waals surface area contributed by atoms with E-state index in [0.29, 0.717) is 24.6 Å². The maximum atomic E-state index is 12.1. The van der Waals surface area contributed by atoms with Gasteiger partial charge in [0.25, 0.3) is 0 Å². The van der Waals surface area contributed by atoms with Crippen molar-refractivity contribution in [3.05, 3.63) is 41.2 Å². The van der Waals surface area contributed by atoms with Gasteiger partial charge in [0.15, 0.2) is 0 Å². The second kappa shape index (κ2) is 5.68. The summed E-state index contributed by atoms with van der Waals surface area (Å²) < 4.78 is 0. The lowest BCUT2D eigenvalue weighted by Gasteiger charge is -2.40. The molecule has 1 aromatic carbocycles. The summed E-state index contributed by atoms with van der Waals surface area (Å²) in [5, 5.41) is 20.8. The maximum Gasteiger partial charge on any atom is 0.131 e. The van der Waals surface area contributed by atoms with Gasteiger partial charge in [-0.15, -0.1) is 5.76 Å². The van der Waals surface area contributed by atoms with Crippen molar-refractivity contribution in [1.82, 2.24) is 0 Å². The minimum atomic E-state index is 0.395. The maximum absolute atomic E-state index is 12.1. The highest BCUT2D eigenvalue weighted by Crippen LogP contribution is 2.27. The van der Waals surface area contributed by atoms with Crippen LogP contribution in [0.15, 0.2) is 35.6 Å². The molecule has 0 saturated heterocycles. The minimum Gasteiger partial charge on any atom is -0.875 e. The zero-order chi connectivity index (χ0) is 13.9. The molecule has 1 aliphatic carbocycles. The fraction of sp³-hybridized carbons (Fsp3) is 0.471. The van der Waals surface area contributed by atoms with Crippen LogP contribution in [0.2, 0.25) is 0 Å². The highest BCUT2D eigenvalue weighted by molar-refractivity contribution is 5.35. The third-order valence-electron chi connectivity index (χ3n) is 4.62. The number of fused-ring (bicyclic) bond motifs is 1. The number of nitrogens with one attached hydrogen (secondary N) is 1. The monoisotopic (exact) mass is 268 g/mol. The van der Waals surface area contributed by atoms with E-state index >= 15 is 0 Å². The Morgan fingerprint density at radius 2 is 2.00 bits per heavy atom. The molecule has 2 unspecified atom stereocenters. The van der Waals surface area contributed by atoms with Crippen LogP contribution in [-0.4, -0.2) is 12.6 Å². The molecule has 3 rings (SSSR count). The van der Waals surface area contributed by atoms with Crippen LogP contribution in [-0.2, 0) is 6.42 Å². The topological polar surface area (TPSA) is 51.3 Å². The molecule has 0 amide bonds. The molecule has 1 fully saturated rings. The summed E-state index contributed by atoms with van der Waals surface area (Å²) in [5.74, 6) is 0.402. The van der Waals surface area contributed by atoms with Crippen LogP contribution < -0.4 is 10.0 Å². The van der Waals surface area contributed by atoms with Gasteiger partial charge in [-0.2, -0.15) is 5.26 Å². The van der Waals surface area contributed by atoms with Gasteiger partial charge in [0.2, 0.25) is 0 Å². The van der Waals surface area contributed by atoms with E-state index in [1.54, 1.807) is 0 Å². The molecular formula is C17H20N2O. The van der Waals surface area contributed by atoms with Crippen molar-refractivity contribution in [3.63, 3.8) is 0 Å². The van der Waals surface area contributed by atoms with Crippen molar-refractivity contribution < 1.29 is 10.0 Å². The van der Waals surface area contributed by atoms with E-state index in [-0.39, 0.29) is 0 Å². The molecule has 0 aromatic heterocycles. The van der Waals surface area contributed by atoms with Crippen molar-refractivity contribution in [2.75, 3.05) is 6.54 Å². The molecule has 0 spiro atoms. The number of nitrogens with zero attached hydrogens (tertiary/aromatic N) is 1. The first-order chi connectivity index (χ1) is 9.79. The molecule has 3 nitrogen and oxygen atoms in total. The average molecular weight is 268 g/mol. The molecule has 1 N–H and O–H groups in total. The summed E-state index contributed by atoms with van der Waals surface area (Å²) >= 11 is 0. The Kier molecular flexibility index (Phi) is 3.75. The summed E-state index contributed by atoms with van der Waals surface area (Å²) in [6.07, 6.45) is 5.69. The lowest BCUT2D eigenvalue weighted by molar-refractivity contribution is -0.859. The highest BCUT2D eigenvalue weighted by Gasteiger charge is 2.33. The Bertz CT molecular complexity index is 553. The lowest BCUT2D eigenvalue weighted by atomic mass is 9.84. The van der Waals surface area contributed by atoms with Gasteiger partial charge in [-0.05, 0) is 42.5 Å². The first-order valence-electron chi connectivity index (χ1n) is 7.50. The van der Waals surface area contributed by atoms with Crippen LogP contribution in [0.4, 0.5) is 5.69 Å². The van der Waals surface area contributed by atoms with E-state index in [9.17, 15) is 5.11 Å². The van der Waals surface area contributed by atoms with Crippen molar-refractivity contribution in [2.24, 2.45) is 0 Å². The quantitative estimate of drug-likeness (QED) is 0.877. The van der Waals surface area contributed by atoms with Crippen molar-refractivity contribution in [3.8, 4) is 6.07 Å². The van der Waals surface area contributed by atoms with Crippen molar-refractivity contribution in [2.45, 2.75) is 44.6 Å². The first-order valence-corrected chi connectivity index (χ1v) is 7.50. The van der Waals surface area contributed by atoms with Crippen LogP contribution >= 0.6 is 0 Å². The highest BCUT2D eigenvalue weighted by atomic mass is 16.3. The molecule has 0 radical (unpaired) electrons. The third-order valence-corrected chi connectivity index (χ3v) is 4.62. The van der Waals surface area contributed by atoms with Gasteiger partial charge in [-0.1, -0.05) is 12.1 Å². The number of quaternary nitrogens is 1. The van der Waals surface area contributed by atoms with Crippen LogP contribution in [0.5, 0.6) is 0 Å².